The highest BCUT2D eigenvalue weighted by Gasteiger charge is 2.22. The van der Waals surface area contributed by atoms with Crippen molar-refractivity contribution < 1.29 is 0 Å². The van der Waals surface area contributed by atoms with Crippen LogP contribution in [-0.4, -0.2) is 23.6 Å². The monoisotopic (exact) mass is 363 g/mol. The maximum Gasteiger partial charge on any atom is 0.169 e. The number of fused-ring (bicyclic) bond motifs is 1. The molecule has 1 aromatic heterocycles. The maximum atomic E-state index is 4.99. The summed E-state index contributed by atoms with van der Waals surface area (Å²) in [5.74, 6) is 0.943. The molecule has 26 heavy (non-hydrogen) atoms. The number of rotatable bonds is 6. The lowest BCUT2D eigenvalue weighted by Crippen LogP contribution is -2.11. The van der Waals surface area contributed by atoms with Gasteiger partial charge in [0.1, 0.15) is 0 Å². The number of thioether (sulfide) groups is 1. The van der Waals surface area contributed by atoms with Gasteiger partial charge in [-0.1, -0.05) is 60.3 Å². The highest BCUT2D eigenvalue weighted by atomic mass is 32.2. The van der Waals surface area contributed by atoms with Crippen molar-refractivity contribution in [2.45, 2.75) is 36.7 Å². The van der Waals surface area contributed by atoms with Crippen LogP contribution < -0.4 is 4.90 Å². The van der Waals surface area contributed by atoms with E-state index >= 15 is 0 Å². The Morgan fingerprint density at radius 1 is 1.00 bits per heavy atom. The summed E-state index contributed by atoms with van der Waals surface area (Å²) in [5, 5.41) is 1.16. The number of hydrogen-bond acceptors (Lipinski definition) is 3. The molecule has 134 valence electrons. The SMILES string of the molecule is CN(C)c1ccccc1CSc1nc2c(n1Cc1ccccc1)CCC2. The minimum Gasteiger partial charge on any atom is -0.377 e. The van der Waals surface area contributed by atoms with Crippen LogP contribution in [0.1, 0.15) is 28.9 Å². The molecule has 0 atom stereocenters. The molecule has 0 amide bonds. The first-order chi connectivity index (χ1) is 12.7. The molecule has 0 saturated heterocycles. The number of hydrogen-bond donors (Lipinski definition) is 0. The van der Waals surface area contributed by atoms with Crippen LogP contribution in [0.2, 0.25) is 0 Å². The van der Waals surface area contributed by atoms with Crippen LogP contribution in [0.4, 0.5) is 5.69 Å². The van der Waals surface area contributed by atoms with Crippen LogP contribution in [0, 0.1) is 0 Å². The van der Waals surface area contributed by atoms with Crippen LogP contribution in [0.25, 0.3) is 0 Å². The van der Waals surface area contributed by atoms with Gasteiger partial charge in [-0.25, -0.2) is 4.98 Å². The highest BCUT2D eigenvalue weighted by Crippen LogP contribution is 2.32. The van der Waals surface area contributed by atoms with Crippen molar-refractivity contribution in [2.24, 2.45) is 0 Å². The quantitative estimate of drug-likeness (QED) is 0.588. The van der Waals surface area contributed by atoms with Crippen LogP contribution in [0.15, 0.2) is 59.8 Å². The van der Waals surface area contributed by atoms with Crippen LogP contribution in [-0.2, 0) is 25.1 Å². The number of nitrogens with zero attached hydrogens (tertiary/aromatic N) is 3. The Labute approximate surface area is 160 Å². The first kappa shape index (κ1) is 17.2. The fourth-order valence-corrected chi connectivity index (χ4v) is 4.70. The molecular weight excluding hydrogens is 338 g/mol. The first-order valence-corrected chi connectivity index (χ1v) is 10.2. The molecule has 0 aliphatic heterocycles. The van der Waals surface area contributed by atoms with E-state index in [1.807, 2.05) is 11.8 Å². The lowest BCUT2D eigenvalue weighted by atomic mass is 10.2. The summed E-state index contributed by atoms with van der Waals surface area (Å²) in [5.41, 5.74) is 6.74. The molecule has 1 aliphatic rings. The largest absolute Gasteiger partial charge is 0.377 e. The molecule has 0 saturated carbocycles. The summed E-state index contributed by atoms with van der Waals surface area (Å²) in [4.78, 5) is 7.18. The van der Waals surface area contributed by atoms with Gasteiger partial charge in [0.05, 0.1) is 5.69 Å². The Hall–Kier alpha value is -2.20. The molecule has 0 radical (unpaired) electrons. The van der Waals surface area contributed by atoms with Gasteiger partial charge in [-0.15, -0.1) is 0 Å². The van der Waals surface area contributed by atoms with Crippen LogP contribution in [0.3, 0.4) is 0 Å². The van der Waals surface area contributed by atoms with E-state index in [0.717, 1.165) is 30.3 Å². The Kier molecular flexibility index (Phi) is 5.02. The molecule has 0 bridgehead atoms. The number of aromatic nitrogens is 2. The average molecular weight is 364 g/mol. The van der Waals surface area contributed by atoms with Crippen molar-refractivity contribution in [1.82, 2.24) is 9.55 Å². The van der Waals surface area contributed by atoms with E-state index in [9.17, 15) is 0 Å². The van der Waals surface area contributed by atoms with E-state index in [0.29, 0.717) is 0 Å². The van der Waals surface area contributed by atoms with Crippen LogP contribution in [0.5, 0.6) is 0 Å². The zero-order valence-electron chi connectivity index (χ0n) is 15.5. The van der Waals surface area contributed by atoms with E-state index in [-0.39, 0.29) is 0 Å². The molecule has 3 nitrogen and oxygen atoms in total. The normalized spacial score (nSPS) is 13.0. The van der Waals surface area contributed by atoms with Crippen molar-refractivity contribution in [3.05, 3.63) is 77.1 Å². The molecule has 4 heteroatoms. The number of anilines is 1. The van der Waals surface area contributed by atoms with Crippen molar-refractivity contribution in [2.75, 3.05) is 19.0 Å². The van der Waals surface area contributed by atoms with E-state index < -0.39 is 0 Å². The van der Waals surface area contributed by atoms with Gasteiger partial charge in [0.2, 0.25) is 0 Å². The lowest BCUT2D eigenvalue weighted by Gasteiger charge is -2.17. The summed E-state index contributed by atoms with van der Waals surface area (Å²) < 4.78 is 2.45. The fraction of sp³-hybridized carbons (Fsp3) is 0.318. The Balaban J connectivity index is 1.59. The summed E-state index contributed by atoms with van der Waals surface area (Å²) in [6, 6.07) is 19.4. The van der Waals surface area contributed by atoms with E-state index in [2.05, 4.69) is 78.2 Å². The standard InChI is InChI=1S/C22H25N3S/c1-24(2)20-13-7-6-11-18(20)16-26-22-23-19-12-8-14-21(19)25(22)15-17-9-4-3-5-10-17/h3-7,9-11,13H,8,12,14-16H2,1-2H3. The zero-order valence-corrected chi connectivity index (χ0v) is 16.3. The summed E-state index contributed by atoms with van der Waals surface area (Å²) in [7, 11) is 4.21. The van der Waals surface area contributed by atoms with Crippen molar-refractivity contribution >= 4 is 17.4 Å². The maximum absolute atomic E-state index is 4.99. The summed E-state index contributed by atoms with van der Waals surface area (Å²) in [6.07, 6.45) is 3.52. The molecule has 3 aromatic rings. The summed E-state index contributed by atoms with van der Waals surface area (Å²) in [6.45, 7) is 0.917. The molecule has 1 heterocycles. The molecule has 4 rings (SSSR count). The molecule has 2 aromatic carbocycles. The Morgan fingerprint density at radius 2 is 1.77 bits per heavy atom. The minimum atomic E-state index is 0.917. The highest BCUT2D eigenvalue weighted by molar-refractivity contribution is 7.98. The second-order valence-corrected chi connectivity index (χ2v) is 7.97. The van der Waals surface area contributed by atoms with Gasteiger partial charge in [-0.2, -0.15) is 0 Å². The molecule has 1 aliphatic carbocycles. The zero-order chi connectivity index (χ0) is 17.9. The van der Waals surface area contributed by atoms with E-state index in [1.165, 1.54) is 34.6 Å². The minimum absolute atomic E-state index is 0.917. The molecular formula is C22H25N3S. The fourth-order valence-electron chi connectivity index (χ4n) is 3.67. The lowest BCUT2D eigenvalue weighted by molar-refractivity contribution is 0.661. The average Bonchev–Trinajstić information content (AvgIpc) is 3.23. The van der Waals surface area contributed by atoms with Gasteiger partial charge in [0, 0.05) is 37.8 Å². The van der Waals surface area contributed by atoms with Crippen LogP contribution >= 0.6 is 11.8 Å². The van der Waals surface area contributed by atoms with E-state index in [1.54, 1.807) is 0 Å². The molecule has 0 spiro atoms. The van der Waals surface area contributed by atoms with Gasteiger partial charge in [0.15, 0.2) is 5.16 Å². The number of benzene rings is 2. The smallest absolute Gasteiger partial charge is 0.169 e. The predicted molar refractivity (Wildman–Crippen MR) is 110 cm³/mol. The van der Waals surface area contributed by atoms with Crippen molar-refractivity contribution in [3.8, 4) is 0 Å². The molecule has 0 fully saturated rings. The summed E-state index contributed by atoms with van der Waals surface area (Å²) >= 11 is 1.86. The predicted octanol–water partition coefficient (Wildman–Crippen LogP) is 4.78. The third-order valence-electron chi connectivity index (χ3n) is 4.96. The number of imidazole rings is 1. The molecule has 0 N–H and O–H groups in total. The molecule has 0 unspecified atom stereocenters. The third-order valence-corrected chi connectivity index (χ3v) is 5.99. The van der Waals surface area contributed by atoms with E-state index in [4.69, 9.17) is 4.98 Å². The Bertz CT molecular complexity index is 884. The number of aryl methyl sites for hydroxylation is 1. The van der Waals surface area contributed by atoms with Gasteiger partial charge in [-0.05, 0) is 36.5 Å². The topological polar surface area (TPSA) is 21.1 Å². The second-order valence-electron chi connectivity index (χ2n) is 7.02. The van der Waals surface area contributed by atoms with Gasteiger partial charge >= 0.3 is 0 Å². The Morgan fingerprint density at radius 3 is 2.58 bits per heavy atom. The second kappa shape index (κ2) is 7.58. The van der Waals surface area contributed by atoms with Gasteiger partial charge in [-0.3, -0.25) is 0 Å². The van der Waals surface area contributed by atoms with Crippen molar-refractivity contribution in [3.63, 3.8) is 0 Å². The third kappa shape index (κ3) is 3.51. The van der Waals surface area contributed by atoms with Gasteiger partial charge < -0.3 is 9.47 Å². The number of para-hydroxylation sites is 1. The van der Waals surface area contributed by atoms with Gasteiger partial charge in [0.25, 0.3) is 0 Å². The van der Waals surface area contributed by atoms with Crippen molar-refractivity contribution in [1.29, 1.82) is 0 Å². The first-order valence-electron chi connectivity index (χ1n) is 9.22.